The van der Waals surface area contributed by atoms with Crippen LogP contribution in [-0.2, 0) is 0 Å². The summed E-state index contributed by atoms with van der Waals surface area (Å²) in [5.74, 6) is -0.164. The van der Waals surface area contributed by atoms with E-state index in [9.17, 15) is 9.59 Å². The fourth-order valence-corrected chi connectivity index (χ4v) is 3.23. The van der Waals surface area contributed by atoms with E-state index in [-0.39, 0.29) is 5.91 Å². The van der Waals surface area contributed by atoms with Gasteiger partial charge < -0.3 is 4.42 Å². The van der Waals surface area contributed by atoms with Crippen molar-refractivity contribution in [2.45, 2.75) is 6.92 Å². The molecule has 2 aromatic heterocycles. The molecule has 5 heteroatoms. The van der Waals surface area contributed by atoms with Crippen LogP contribution in [-0.4, -0.2) is 10.5 Å². The van der Waals surface area contributed by atoms with E-state index >= 15 is 0 Å². The number of halogens is 1. The summed E-state index contributed by atoms with van der Waals surface area (Å²) in [5.41, 5.74) is 2.63. The minimum Gasteiger partial charge on any atom is -0.420 e. The third-order valence-electron chi connectivity index (χ3n) is 4.00. The average molecular weight is 338 g/mol. The quantitative estimate of drug-likeness (QED) is 0.504. The molecule has 4 aromatic rings. The van der Waals surface area contributed by atoms with Crippen LogP contribution in [0.15, 0.2) is 63.8 Å². The predicted octanol–water partition coefficient (Wildman–Crippen LogP) is 4.73. The van der Waals surface area contributed by atoms with Gasteiger partial charge in [0.25, 0.3) is 0 Å². The molecule has 0 atom stereocenters. The maximum absolute atomic E-state index is 12.3. The van der Waals surface area contributed by atoms with Crippen LogP contribution < -0.4 is 5.63 Å². The minimum absolute atomic E-state index is 0.164. The van der Waals surface area contributed by atoms with Crippen LogP contribution in [0.25, 0.3) is 33.1 Å². The van der Waals surface area contributed by atoms with Crippen LogP contribution in [0.5, 0.6) is 0 Å². The summed E-state index contributed by atoms with van der Waals surface area (Å²) in [6, 6.07) is 16.0. The molecule has 4 nitrogen and oxygen atoms in total. The van der Waals surface area contributed by atoms with Crippen molar-refractivity contribution in [1.82, 2.24) is 4.57 Å². The van der Waals surface area contributed by atoms with E-state index < -0.39 is 5.63 Å². The standard InChI is InChI=1S/C19H12ClNO3/c1-11(22)21-16-8-7-13(20)9-15(16)19-18(21)14(10-17(23)24-19)12-5-3-2-4-6-12/h2-10H,1H3. The molecule has 4 rings (SSSR count). The summed E-state index contributed by atoms with van der Waals surface area (Å²) in [4.78, 5) is 24.4. The fraction of sp³-hybridized carbons (Fsp3) is 0.0526. The van der Waals surface area contributed by atoms with Crippen molar-refractivity contribution in [3.63, 3.8) is 0 Å². The van der Waals surface area contributed by atoms with E-state index in [1.54, 1.807) is 22.8 Å². The Morgan fingerprint density at radius 1 is 1.08 bits per heavy atom. The molecule has 0 fully saturated rings. The zero-order chi connectivity index (χ0) is 16.8. The Labute approximate surface area is 141 Å². The lowest BCUT2D eigenvalue weighted by atomic mass is 10.1. The molecule has 24 heavy (non-hydrogen) atoms. The SMILES string of the molecule is CC(=O)n1c2ccc(Cl)cc2c2oc(=O)cc(-c3ccccc3)c21. The zero-order valence-electron chi connectivity index (χ0n) is 12.7. The summed E-state index contributed by atoms with van der Waals surface area (Å²) in [6.07, 6.45) is 0. The highest BCUT2D eigenvalue weighted by Crippen LogP contribution is 2.35. The summed E-state index contributed by atoms with van der Waals surface area (Å²) in [6.45, 7) is 1.48. The number of fused-ring (bicyclic) bond motifs is 3. The lowest BCUT2D eigenvalue weighted by Gasteiger charge is -2.07. The average Bonchev–Trinajstić information content (AvgIpc) is 2.89. The Kier molecular flexibility index (Phi) is 3.28. The maximum Gasteiger partial charge on any atom is 0.336 e. The Morgan fingerprint density at radius 2 is 1.83 bits per heavy atom. The van der Waals surface area contributed by atoms with Gasteiger partial charge in [0.05, 0.1) is 5.52 Å². The molecule has 118 valence electrons. The summed E-state index contributed by atoms with van der Waals surface area (Å²) in [7, 11) is 0. The van der Waals surface area contributed by atoms with E-state index in [1.165, 1.54) is 13.0 Å². The molecule has 0 N–H and O–H groups in total. The smallest absolute Gasteiger partial charge is 0.336 e. The minimum atomic E-state index is -0.469. The van der Waals surface area contributed by atoms with Crippen molar-refractivity contribution in [2.24, 2.45) is 0 Å². The first-order valence-corrected chi connectivity index (χ1v) is 7.78. The van der Waals surface area contributed by atoms with Crippen LogP contribution in [0.2, 0.25) is 5.02 Å². The second-order valence-corrected chi connectivity index (χ2v) is 5.98. The lowest BCUT2D eigenvalue weighted by Crippen LogP contribution is -2.07. The van der Waals surface area contributed by atoms with Gasteiger partial charge in [-0.3, -0.25) is 9.36 Å². The molecule has 0 amide bonds. The molecule has 0 aliphatic heterocycles. The van der Waals surface area contributed by atoms with E-state index in [0.717, 1.165) is 5.56 Å². The highest BCUT2D eigenvalue weighted by Gasteiger charge is 2.20. The number of carbonyl (C=O) groups excluding carboxylic acids is 1. The number of carbonyl (C=O) groups is 1. The Hall–Kier alpha value is -2.85. The van der Waals surface area contributed by atoms with Gasteiger partial charge in [-0.15, -0.1) is 0 Å². The van der Waals surface area contributed by atoms with Crippen LogP contribution >= 0.6 is 11.6 Å². The summed E-state index contributed by atoms with van der Waals surface area (Å²) >= 11 is 6.09. The fourth-order valence-electron chi connectivity index (χ4n) is 3.06. The molecule has 0 saturated heterocycles. The number of benzene rings is 2. The van der Waals surface area contributed by atoms with E-state index in [0.29, 0.717) is 32.6 Å². The molecule has 0 unspecified atom stereocenters. The molecule has 0 aliphatic rings. The zero-order valence-corrected chi connectivity index (χ0v) is 13.5. The largest absolute Gasteiger partial charge is 0.420 e. The normalized spacial score (nSPS) is 11.2. The number of nitrogens with zero attached hydrogens (tertiary/aromatic N) is 1. The van der Waals surface area contributed by atoms with Crippen molar-refractivity contribution >= 4 is 39.5 Å². The second-order valence-electron chi connectivity index (χ2n) is 5.54. The van der Waals surface area contributed by atoms with Crippen molar-refractivity contribution in [1.29, 1.82) is 0 Å². The molecule has 0 radical (unpaired) electrons. The number of rotatable bonds is 1. The number of aromatic nitrogens is 1. The van der Waals surface area contributed by atoms with Crippen molar-refractivity contribution < 1.29 is 9.21 Å². The Bertz CT molecular complexity index is 1160. The lowest BCUT2D eigenvalue weighted by molar-refractivity contribution is 0.0946. The Balaban J connectivity index is 2.28. The van der Waals surface area contributed by atoms with Gasteiger partial charge >= 0.3 is 5.63 Å². The maximum atomic E-state index is 12.3. The summed E-state index contributed by atoms with van der Waals surface area (Å²) in [5, 5.41) is 1.15. The van der Waals surface area contributed by atoms with Gasteiger partial charge in [0, 0.05) is 29.0 Å². The van der Waals surface area contributed by atoms with Gasteiger partial charge in [-0.05, 0) is 23.8 Å². The highest BCUT2D eigenvalue weighted by atomic mass is 35.5. The third kappa shape index (κ3) is 2.15. The first kappa shape index (κ1) is 14.7. The van der Waals surface area contributed by atoms with E-state index in [4.69, 9.17) is 16.0 Å². The molecular formula is C19H12ClNO3. The number of hydrogen-bond donors (Lipinski definition) is 0. The van der Waals surface area contributed by atoms with Crippen LogP contribution in [0, 0.1) is 0 Å². The molecule has 0 aliphatic carbocycles. The van der Waals surface area contributed by atoms with E-state index in [1.807, 2.05) is 30.3 Å². The van der Waals surface area contributed by atoms with Gasteiger partial charge in [0.1, 0.15) is 5.52 Å². The number of hydrogen-bond acceptors (Lipinski definition) is 3. The topological polar surface area (TPSA) is 52.2 Å². The van der Waals surface area contributed by atoms with Gasteiger partial charge in [-0.25, -0.2) is 4.79 Å². The van der Waals surface area contributed by atoms with Gasteiger partial charge in [-0.2, -0.15) is 0 Å². The molecule has 0 bridgehead atoms. The molecule has 2 aromatic carbocycles. The molecular weight excluding hydrogens is 326 g/mol. The van der Waals surface area contributed by atoms with Crippen LogP contribution in [0.4, 0.5) is 0 Å². The van der Waals surface area contributed by atoms with Gasteiger partial charge in [-0.1, -0.05) is 41.9 Å². The first-order chi connectivity index (χ1) is 11.6. The van der Waals surface area contributed by atoms with Crippen molar-refractivity contribution in [3.8, 4) is 11.1 Å². The van der Waals surface area contributed by atoms with Crippen LogP contribution in [0.3, 0.4) is 0 Å². The van der Waals surface area contributed by atoms with Crippen molar-refractivity contribution in [2.75, 3.05) is 0 Å². The van der Waals surface area contributed by atoms with Gasteiger partial charge in [0.2, 0.25) is 5.91 Å². The monoisotopic (exact) mass is 337 g/mol. The molecule has 2 heterocycles. The van der Waals surface area contributed by atoms with Crippen LogP contribution in [0.1, 0.15) is 11.7 Å². The van der Waals surface area contributed by atoms with E-state index in [2.05, 4.69) is 0 Å². The van der Waals surface area contributed by atoms with Crippen molar-refractivity contribution in [3.05, 3.63) is 70.0 Å². The predicted molar refractivity (Wildman–Crippen MR) is 94.7 cm³/mol. The third-order valence-corrected chi connectivity index (χ3v) is 4.24. The molecule has 0 spiro atoms. The summed E-state index contributed by atoms with van der Waals surface area (Å²) < 4.78 is 7.00. The van der Waals surface area contributed by atoms with Gasteiger partial charge in [0.15, 0.2) is 5.58 Å². The molecule has 0 saturated carbocycles. The Morgan fingerprint density at radius 3 is 2.54 bits per heavy atom. The highest BCUT2D eigenvalue weighted by molar-refractivity contribution is 6.32. The first-order valence-electron chi connectivity index (χ1n) is 7.40. The second kappa shape index (κ2) is 5.35.